The summed E-state index contributed by atoms with van der Waals surface area (Å²) in [5.74, 6) is 2.57. The molecule has 0 heterocycles. The monoisotopic (exact) mass is 272 g/mol. The van der Waals surface area contributed by atoms with Gasteiger partial charge in [0.15, 0.2) is 0 Å². The summed E-state index contributed by atoms with van der Waals surface area (Å²) in [5, 5.41) is 0. The zero-order chi connectivity index (χ0) is 14.5. The highest BCUT2D eigenvalue weighted by Gasteiger charge is 2.42. The van der Waals surface area contributed by atoms with Crippen LogP contribution in [0.5, 0.6) is 0 Å². The predicted octanol–water partition coefficient (Wildman–Crippen LogP) is 6.29. The smallest absolute Gasteiger partial charge is 0.00732 e. The molecule has 0 N–H and O–H groups in total. The Labute approximate surface area is 125 Å². The van der Waals surface area contributed by atoms with Gasteiger partial charge in [0.25, 0.3) is 0 Å². The first-order valence-corrected chi connectivity index (χ1v) is 8.83. The molecule has 1 saturated carbocycles. The summed E-state index contributed by atoms with van der Waals surface area (Å²) in [6.07, 6.45) is 9.77. The molecule has 20 heavy (non-hydrogen) atoms. The van der Waals surface area contributed by atoms with Crippen molar-refractivity contribution in [3.63, 3.8) is 0 Å². The van der Waals surface area contributed by atoms with Crippen LogP contribution >= 0.6 is 0 Å². The van der Waals surface area contributed by atoms with Crippen LogP contribution in [0.15, 0.2) is 22.3 Å². The van der Waals surface area contributed by atoms with E-state index in [1.807, 2.05) is 16.7 Å². The van der Waals surface area contributed by atoms with E-state index >= 15 is 0 Å². The molecule has 0 amide bonds. The average Bonchev–Trinajstić information content (AvgIpc) is 2.88. The van der Waals surface area contributed by atoms with Crippen LogP contribution in [-0.2, 0) is 0 Å². The summed E-state index contributed by atoms with van der Waals surface area (Å²) < 4.78 is 0. The Hall–Kier alpha value is -0.520. The van der Waals surface area contributed by atoms with Gasteiger partial charge >= 0.3 is 0 Å². The molecular weight excluding hydrogens is 240 g/mol. The van der Waals surface area contributed by atoms with Gasteiger partial charge in [0.2, 0.25) is 0 Å². The molecule has 0 aromatic heterocycles. The van der Waals surface area contributed by atoms with Crippen LogP contribution in [0.1, 0.15) is 79.6 Å². The van der Waals surface area contributed by atoms with Gasteiger partial charge in [-0.15, -0.1) is 0 Å². The van der Waals surface area contributed by atoms with Crippen molar-refractivity contribution in [3.05, 3.63) is 22.3 Å². The molecule has 0 nitrogen and oxygen atoms in total. The Balaban J connectivity index is 2.00. The summed E-state index contributed by atoms with van der Waals surface area (Å²) in [4.78, 5) is 0. The van der Waals surface area contributed by atoms with Crippen LogP contribution in [0, 0.1) is 23.2 Å². The van der Waals surface area contributed by atoms with E-state index in [-0.39, 0.29) is 0 Å². The Morgan fingerprint density at radius 2 is 1.85 bits per heavy atom. The molecule has 0 spiro atoms. The zero-order valence-corrected chi connectivity index (χ0v) is 14.2. The molecule has 0 heteroatoms. The van der Waals surface area contributed by atoms with Gasteiger partial charge in [-0.1, -0.05) is 50.0 Å². The molecule has 3 atom stereocenters. The van der Waals surface area contributed by atoms with Crippen molar-refractivity contribution < 1.29 is 0 Å². The first-order valence-electron chi connectivity index (χ1n) is 8.83. The lowest BCUT2D eigenvalue weighted by Crippen LogP contribution is -2.25. The second-order valence-electron chi connectivity index (χ2n) is 8.36. The molecule has 0 aliphatic heterocycles. The predicted molar refractivity (Wildman–Crippen MR) is 87.6 cm³/mol. The zero-order valence-electron chi connectivity index (χ0n) is 14.2. The van der Waals surface area contributed by atoms with Gasteiger partial charge in [-0.3, -0.25) is 0 Å². The van der Waals surface area contributed by atoms with Crippen molar-refractivity contribution in [2.45, 2.75) is 79.6 Å². The highest BCUT2D eigenvalue weighted by Crippen LogP contribution is 2.56. The van der Waals surface area contributed by atoms with Gasteiger partial charge < -0.3 is 0 Å². The maximum atomic E-state index is 2.57. The molecule has 0 radical (unpaired) electrons. The number of hydrogen-bond acceptors (Lipinski definition) is 0. The second kappa shape index (κ2) is 5.04. The van der Waals surface area contributed by atoms with E-state index < -0.39 is 0 Å². The fraction of sp³-hybridized carbons (Fsp3) is 0.800. The van der Waals surface area contributed by atoms with Gasteiger partial charge in [-0.2, -0.15) is 0 Å². The number of hydrogen-bond donors (Lipinski definition) is 0. The molecule has 0 aromatic carbocycles. The van der Waals surface area contributed by atoms with Crippen molar-refractivity contribution in [1.82, 2.24) is 0 Å². The topological polar surface area (TPSA) is 0 Å². The quantitative estimate of drug-likeness (QED) is 0.492. The fourth-order valence-electron chi connectivity index (χ4n) is 5.32. The number of allylic oxidation sites excluding steroid dienone is 4. The Kier molecular flexibility index (Phi) is 3.63. The second-order valence-corrected chi connectivity index (χ2v) is 8.36. The van der Waals surface area contributed by atoms with Crippen molar-refractivity contribution in [3.8, 4) is 0 Å². The lowest BCUT2D eigenvalue weighted by Gasteiger charge is -2.37. The third-order valence-electron chi connectivity index (χ3n) is 6.70. The maximum absolute atomic E-state index is 2.57. The Morgan fingerprint density at radius 1 is 1.10 bits per heavy atom. The molecule has 1 fully saturated rings. The van der Waals surface area contributed by atoms with E-state index in [1.165, 1.54) is 44.9 Å². The molecule has 112 valence electrons. The average molecular weight is 272 g/mol. The molecule has 0 unspecified atom stereocenters. The van der Waals surface area contributed by atoms with Crippen molar-refractivity contribution in [2.24, 2.45) is 23.2 Å². The lowest BCUT2D eigenvalue weighted by molar-refractivity contribution is 0.291. The van der Waals surface area contributed by atoms with Crippen LogP contribution in [0.4, 0.5) is 0 Å². The summed E-state index contributed by atoms with van der Waals surface area (Å²) in [6, 6.07) is 0. The minimum Gasteiger partial charge on any atom is -0.0738 e. The van der Waals surface area contributed by atoms with Gasteiger partial charge in [0.05, 0.1) is 0 Å². The molecule has 0 aromatic rings. The van der Waals surface area contributed by atoms with Crippen molar-refractivity contribution in [1.29, 1.82) is 0 Å². The lowest BCUT2D eigenvalue weighted by atomic mass is 9.68. The maximum Gasteiger partial charge on any atom is -0.00732 e. The van der Waals surface area contributed by atoms with E-state index in [0.29, 0.717) is 5.41 Å². The Bertz CT molecular complexity index is 462. The number of rotatable bonds is 1. The van der Waals surface area contributed by atoms with Crippen LogP contribution in [0.2, 0.25) is 0 Å². The highest BCUT2D eigenvalue weighted by molar-refractivity contribution is 5.35. The molecule has 3 rings (SSSR count). The largest absolute Gasteiger partial charge is 0.0738 e. The molecular formula is C20H32. The van der Waals surface area contributed by atoms with Crippen molar-refractivity contribution >= 4 is 0 Å². The van der Waals surface area contributed by atoms with Gasteiger partial charge in [0.1, 0.15) is 0 Å². The molecule has 0 bridgehead atoms. The van der Waals surface area contributed by atoms with Gasteiger partial charge in [-0.25, -0.2) is 0 Å². The van der Waals surface area contributed by atoms with Gasteiger partial charge in [-0.05, 0) is 75.0 Å². The van der Waals surface area contributed by atoms with E-state index in [1.54, 1.807) is 5.57 Å². The van der Waals surface area contributed by atoms with Crippen LogP contribution in [0.3, 0.4) is 0 Å². The van der Waals surface area contributed by atoms with Crippen LogP contribution in [-0.4, -0.2) is 0 Å². The van der Waals surface area contributed by atoms with Crippen LogP contribution < -0.4 is 0 Å². The minimum atomic E-state index is 0.499. The number of fused-ring (bicyclic) bond motifs is 2. The SMILES string of the molecule is CC1=C2C[C@]3(C)CCC(C(C)C)=C3CC[C@@H](C)[C@H]2CC1. The van der Waals surface area contributed by atoms with Gasteiger partial charge in [0, 0.05) is 0 Å². The first kappa shape index (κ1) is 14.4. The molecule has 0 saturated heterocycles. The highest BCUT2D eigenvalue weighted by atomic mass is 14.5. The van der Waals surface area contributed by atoms with E-state index in [2.05, 4.69) is 34.6 Å². The first-order chi connectivity index (χ1) is 9.42. The summed E-state index contributed by atoms with van der Waals surface area (Å²) in [6.45, 7) is 12.3. The third kappa shape index (κ3) is 2.20. The Morgan fingerprint density at radius 3 is 2.55 bits per heavy atom. The van der Waals surface area contributed by atoms with E-state index in [0.717, 1.165) is 17.8 Å². The normalized spacial score (nSPS) is 38.1. The van der Waals surface area contributed by atoms with E-state index in [4.69, 9.17) is 0 Å². The summed E-state index contributed by atoms with van der Waals surface area (Å²) >= 11 is 0. The fourth-order valence-corrected chi connectivity index (χ4v) is 5.32. The summed E-state index contributed by atoms with van der Waals surface area (Å²) in [7, 11) is 0. The minimum absolute atomic E-state index is 0.499. The van der Waals surface area contributed by atoms with E-state index in [9.17, 15) is 0 Å². The van der Waals surface area contributed by atoms with Crippen molar-refractivity contribution in [2.75, 3.05) is 0 Å². The summed E-state index contributed by atoms with van der Waals surface area (Å²) in [5.41, 5.74) is 7.78. The third-order valence-corrected chi connectivity index (χ3v) is 6.70. The standard InChI is InChI=1S/C20H32/c1-13(2)16-10-11-20(5)12-18-15(4)6-8-17(18)14(3)7-9-19(16)20/h13-14,17H,6-12H2,1-5H3/t14-,17-,20+/m1/s1. The molecule has 3 aliphatic rings. The molecule has 3 aliphatic carbocycles. The van der Waals surface area contributed by atoms with Crippen LogP contribution in [0.25, 0.3) is 0 Å².